The van der Waals surface area contributed by atoms with Gasteiger partial charge in [-0.3, -0.25) is 28.3 Å². The van der Waals surface area contributed by atoms with Crippen LogP contribution in [0.1, 0.15) is 445 Å². The molecule has 0 amide bonds. The first-order valence-electron chi connectivity index (χ1n) is 47.6. The highest BCUT2D eigenvalue weighted by Gasteiger charge is 2.24. The van der Waals surface area contributed by atoms with E-state index in [1.165, 1.54) is 212 Å². The zero-order valence-electron chi connectivity index (χ0n) is 76.2. The van der Waals surface area contributed by atoms with Gasteiger partial charge in [-0.15, -0.1) is 0 Å². The van der Waals surface area contributed by atoms with E-state index in [-0.39, 0.29) is 58.7 Å². The summed E-state index contributed by atoms with van der Waals surface area (Å²) in [6, 6.07) is 0. The molecule has 4 atom stereocenters. The second-order valence-electron chi connectivity index (χ2n) is 32.9. The van der Waals surface area contributed by atoms with Gasteiger partial charge < -0.3 is 57.0 Å². The van der Waals surface area contributed by atoms with Crippen molar-refractivity contribution in [3.05, 3.63) is 0 Å². The number of esters is 4. The zero-order chi connectivity index (χ0) is 86.7. The molecule has 0 aliphatic heterocycles. The molecule has 20 heteroatoms. The molecule has 0 aromatic carbocycles. The van der Waals surface area contributed by atoms with Crippen LogP contribution in [-0.4, -0.2) is 114 Å². The van der Waals surface area contributed by atoms with Crippen molar-refractivity contribution >= 4 is 39.5 Å². The van der Waals surface area contributed by atoms with Crippen LogP contribution in [0.4, 0.5) is 0 Å². The fourth-order valence-corrected chi connectivity index (χ4v) is 14.3. The maximum atomic E-state index is 12.7. The van der Waals surface area contributed by atoms with E-state index in [1.807, 2.05) is 21.1 Å². The Balaban J connectivity index is 0. The van der Waals surface area contributed by atoms with Crippen LogP contribution in [0.25, 0.3) is 0 Å². The molecule has 0 aromatic rings. The van der Waals surface area contributed by atoms with Crippen LogP contribution in [-0.2, 0) is 65.4 Å². The molecule has 0 rings (SSSR count). The Bertz CT molecular complexity index is 2870. The van der Waals surface area contributed by atoms with Crippen LogP contribution in [0.2, 0.25) is 0 Å². The number of carbonyl (C=O) groups is 4. The molecular weight excluding hydrogens is 1520 g/mol. The van der Waals surface area contributed by atoms with Gasteiger partial charge in [-0.2, -0.15) is 0 Å². The van der Waals surface area contributed by atoms with E-state index >= 15 is 0 Å². The summed E-state index contributed by atoms with van der Waals surface area (Å²) in [5, 5.41) is 0. The molecule has 0 heterocycles. The molecule has 0 aliphatic rings. The van der Waals surface area contributed by atoms with E-state index in [2.05, 4.69) is 103 Å². The van der Waals surface area contributed by atoms with Gasteiger partial charge in [0.2, 0.25) is 0 Å². The monoisotopic (exact) mass is 1690 g/mol. The highest BCUT2D eigenvalue weighted by Crippen LogP contribution is 2.39. The van der Waals surface area contributed by atoms with Crippen molar-refractivity contribution < 1.29 is 79.6 Å². The van der Waals surface area contributed by atoms with Crippen molar-refractivity contribution in [2.75, 3.05) is 73.9 Å². The predicted octanol–water partition coefficient (Wildman–Crippen LogP) is 24.0. The average Bonchev–Trinajstić information content (AvgIpc) is 0.908. The maximum absolute atomic E-state index is 12.7. The van der Waals surface area contributed by atoms with Gasteiger partial charge in [-0.1, -0.05) is 352 Å². The normalized spacial score (nSPS) is 12.4. The number of quaternary nitrogens is 1. The largest absolute Gasteiger partial charge is 0.756 e. The molecule has 0 radical (unpaired) electrons. The molecule has 0 spiro atoms. The van der Waals surface area contributed by atoms with E-state index in [4.69, 9.17) is 38.3 Å². The SMILES string of the molecule is CCCCCCCCCCC#CC#CCCCCCCCCC(=O)OC(COC(=O)CCCCCCCCCCCCCCC)COP(=O)([O-])OCCN.CCCCCCCCCCC#CC#CCCCCCCCCC(=O)OCC(COP(=O)([O-])OCC[N+](C)(C)C)OC(=O)CCCCCCCCC#CC#CCCCCCCCCCC. The number of carbonyl (C=O) groups excluding carboxylic acids is 4. The molecule has 680 valence electrons. The van der Waals surface area contributed by atoms with Crippen molar-refractivity contribution in [1.29, 1.82) is 0 Å². The lowest BCUT2D eigenvalue weighted by atomic mass is 10.0. The average molecular weight is 1700 g/mol. The van der Waals surface area contributed by atoms with Crippen molar-refractivity contribution in [2.45, 2.75) is 457 Å². The highest BCUT2D eigenvalue weighted by molar-refractivity contribution is 7.46. The number of phosphoric ester groups is 2. The molecule has 18 nitrogen and oxygen atoms in total. The third kappa shape index (κ3) is 95.2. The Morgan fingerprint density at radius 1 is 0.288 bits per heavy atom. The lowest BCUT2D eigenvalue weighted by Gasteiger charge is -2.28. The Kier molecular flexibility index (Phi) is 88.1. The van der Waals surface area contributed by atoms with Gasteiger partial charge >= 0.3 is 23.9 Å². The van der Waals surface area contributed by atoms with Crippen molar-refractivity contribution in [3.8, 4) is 71.0 Å². The number of hydrogen-bond donors (Lipinski definition) is 1. The Hall–Kier alpha value is -4.62. The first-order valence-corrected chi connectivity index (χ1v) is 50.5. The zero-order valence-corrected chi connectivity index (χ0v) is 78.0. The Morgan fingerprint density at radius 2 is 0.492 bits per heavy atom. The summed E-state index contributed by atoms with van der Waals surface area (Å²) < 4.78 is 66.3. The Labute approximate surface area is 723 Å². The smallest absolute Gasteiger partial charge is 0.306 e. The second-order valence-corrected chi connectivity index (χ2v) is 35.7. The summed E-state index contributed by atoms with van der Waals surface area (Å²) in [5.41, 5.74) is 5.31. The fourth-order valence-electron chi connectivity index (χ4n) is 12.8. The molecule has 0 aliphatic carbocycles. The van der Waals surface area contributed by atoms with Gasteiger partial charge in [0.1, 0.15) is 26.4 Å². The summed E-state index contributed by atoms with van der Waals surface area (Å²) >= 11 is 0. The molecular formula is C98H171N2O16P2-. The van der Waals surface area contributed by atoms with Crippen molar-refractivity contribution in [3.63, 3.8) is 0 Å². The number of nitrogens with zero attached hydrogens (tertiary/aromatic N) is 1. The van der Waals surface area contributed by atoms with Crippen LogP contribution in [0.5, 0.6) is 0 Å². The van der Waals surface area contributed by atoms with Gasteiger partial charge in [0.15, 0.2) is 12.2 Å². The minimum absolute atomic E-state index is 0.00752. The van der Waals surface area contributed by atoms with E-state index in [9.17, 15) is 38.1 Å². The lowest BCUT2D eigenvalue weighted by molar-refractivity contribution is -0.870. The number of phosphoric acid groups is 2. The molecule has 118 heavy (non-hydrogen) atoms. The number of rotatable bonds is 81. The van der Waals surface area contributed by atoms with Crippen molar-refractivity contribution in [2.24, 2.45) is 5.73 Å². The standard InChI is InChI=1S/C54H92NO8P.C44H80NO8P/c1-6-8-10-12-14-16-18-20-22-24-26-28-30-32-34-36-38-40-42-44-46-53(56)60-50-52(51-62-64(58,59)61-49-48-55(3,4)5)63-54(57)47-45-43-41-39-37-35-33-31-29-27-25-23-21-19-17-15-13-11-9-7-2;1-3-5-7-9-11-13-15-17-18-19-20-21-22-23-25-27-29-31-33-35-37-44(47)53-42(41-52-54(48,49)51-39-38-45)40-50-43(46)36-34-32-30-28-26-24-16-14-12-10-8-6-4-2/h52H,6-23,32-51H2,1-5H3;42H,3-18,23-41,45H2,1-2H3,(H,48,49)/p-1. The summed E-state index contributed by atoms with van der Waals surface area (Å²) in [7, 11) is -3.52. The van der Waals surface area contributed by atoms with Gasteiger partial charge in [0, 0.05) is 70.8 Å². The molecule has 2 N–H and O–H groups in total. The number of unbranched alkanes of at least 4 members (excludes halogenated alkanes) is 54. The van der Waals surface area contributed by atoms with Gasteiger partial charge in [0.05, 0.1) is 41.0 Å². The first-order chi connectivity index (χ1) is 57.3. The topological polar surface area (TPSA) is 248 Å². The van der Waals surface area contributed by atoms with Gasteiger partial charge in [0.25, 0.3) is 15.6 Å². The summed E-state index contributed by atoms with van der Waals surface area (Å²) in [6.45, 7) is 7.62. The number of nitrogens with two attached hydrogens (primary N) is 1. The third-order valence-electron chi connectivity index (χ3n) is 20.1. The van der Waals surface area contributed by atoms with E-state index in [1.54, 1.807) is 0 Å². The van der Waals surface area contributed by atoms with Crippen molar-refractivity contribution in [1.82, 2.24) is 0 Å². The minimum atomic E-state index is -4.65. The molecule has 4 unspecified atom stereocenters. The number of hydrogen-bond acceptors (Lipinski definition) is 17. The molecule has 0 saturated carbocycles. The molecule has 0 saturated heterocycles. The third-order valence-corrected chi connectivity index (χ3v) is 22.1. The van der Waals surface area contributed by atoms with E-state index in [0.717, 1.165) is 161 Å². The minimum Gasteiger partial charge on any atom is -0.756 e. The fraction of sp³-hybridized carbons (Fsp3) is 0.837. The van der Waals surface area contributed by atoms with E-state index < -0.39 is 64.9 Å². The van der Waals surface area contributed by atoms with Crippen LogP contribution in [0.15, 0.2) is 0 Å². The van der Waals surface area contributed by atoms with Crippen LogP contribution in [0, 0.1) is 71.0 Å². The first kappa shape index (κ1) is 115. The number of ether oxygens (including phenoxy) is 4. The predicted molar refractivity (Wildman–Crippen MR) is 482 cm³/mol. The van der Waals surface area contributed by atoms with Gasteiger partial charge in [-0.25, -0.2) is 0 Å². The molecule has 0 fully saturated rings. The van der Waals surface area contributed by atoms with E-state index in [0.29, 0.717) is 30.3 Å². The number of likely N-dealkylation sites (N-methyl/N-ethyl adjacent to an activating group) is 1. The lowest BCUT2D eigenvalue weighted by Crippen LogP contribution is -2.37. The summed E-state index contributed by atoms with van der Waals surface area (Å²) in [5.74, 6) is 35.1. The van der Waals surface area contributed by atoms with Crippen LogP contribution in [0.3, 0.4) is 0 Å². The van der Waals surface area contributed by atoms with Gasteiger partial charge in [-0.05, 0) is 99.7 Å². The van der Waals surface area contributed by atoms with Crippen LogP contribution >= 0.6 is 15.6 Å². The molecule has 0 bridgehead atoms. The highest BCUT2D eigenvalue weighted by atomic mass is 31.2. The molecule has 0 aromatic heterocycles. The quantitative estimate of drug-likeness (QED) is 0.0148. The Morgan fingerprint density at radius 3 is 0.712 bits per heavy atom. The summed E-state index contributed by atoms with van der Waals surface area (Å²) in [6.07, 6.45) is 68.5. The maximum Gasteiger partial charge on any atom is 0.306 e. The summed E-state index contributed by atoms with van der Waals surface area (Å²) in [4.78, 5) is 74.6. The second kappa shape index (κ2) is 90.1. The van der Waals surface area contributed by atoms with Crippen LogP contribution < -0.4 is 15.5 Å².